The average molecular weight is 395 g/mol. The van der Waals surface area contributed by atoms with Crippen molar-refractivity contribution in [3.05, 3.63) is 52.5 Å². The fourth-order valence-electron chi connectivity index (χ4n) is 2.36. The Bertz CT molecular complexity index is 828. The Labute approximate surface area is 162 Å². The molecule has 0 aliphatic heterocycles. The van der Waals surface area contributed by atoms with Crippen LogP contribution < -0.4 is 4.74 Å². The minimum Gasteiger partial charge on any atom is -0.463 e. The van der Waals surface area contributed by atoms with Crippen LogP contribution >= 0.6 is 23.2 Å². The predicted molar refractivity (Wildman–Crippen MR) is 104 cm³/mol. The van der Waals surface area contributed by atoms with Crippen molar-refractivity contribution in [3.63, 3.8) is 0 Å². The van der Waals surface area contributed by atoms with Crippen LogP contribution in [-0.4, -0.2) is 18.5 Å². The van der Waals surface area contributed by atoms with Crippen LogP contribution in [0.25, 0.3) is 10.8 Å². The third-order valence-corrected chi connectivity index (χ3v) is 4.22. The van der Waals surface area contributed by atoms with E-state index in [1.807, 2.05) is 6.07 Å². The lowest BCUT2D eigenvalue weighted by atomic mass is 10.1. The van der Waals surface area contributed by atoms with Crippen LogP contribution in [0.4, 0.5) is 0 Å². The Morgan fingerprint density at radius 2 is 1.69 bits per heavy atom. The fraction of sp³-hybridized carbons (Fsp3) is 0.300. The van der Waals surface area contributed by atoms with Crippen molar-refractivity contribution in [1.82, 2.24) is 0 Å². The highest BCUT2D eigenvalue weighted by Crippen LogP contribution is 2.38. The number of hydrogen-bond donors (Lipinski definition) is 0. The van der Waals surface area contributed by atoms with Gasteiger partial charge < -0.3 is 9.47 Å². The number of ether oxygens (including phenoxy) is 2. The minimum absolute atomic E-state index is 0.201. The van der Waals surface area contributed by atoms with Gasteiger partial charge in [-0.05, 0) is 24.8 Å². The van der Waals surface area contributed by atoms with E-state index in [9.17, 15) is 9.59 Å². The Balaban J connectivity index is 2.00. The lowest BCUT2D eigenvalue weighted by molar-refractivity contribution is -0.138. The highest BCUT2D eigenvalue weighted by molar-refractivity contribution is 6.40. The molecule has 0 N–H and O–H groups in total. The van der Waals surface area contributed by atoms with Crippen LogP contribution in [0.5, 0.6) is 5.75 Å². The smallest absolute Gasteiger partial charge is 0.336 e. The van der Waals surface area contributed by atoms with Gasteiger partial charge in [0, 0.05) is 22.9 Å². The number of halogens is 2. The van der Waals surface area contributed by atoms with Crippen molar-refractivity contribution >= 4 is 45.9 Å². The van der Waals surface area contributed by atoms with E-state index in [4.69, 9.17) is 32.7 Å². The number of carbonyl (C=O) groups is 2. The van der Waals surface area contributed by atoms with Crippen LogP contribution in [0.1, 0.15) is 26.7 Å². The second-order valence-electron chi connectivity index (χ2n) is 6.17. The molecule has 0 bridgehead atoms. The van der Waals surface area contributed by atoms with Crippen molar-refractivity contribution in [3.8, 4) is 5.75 Å². The summed E-state index contributed by atoms with van der Waals surface area (Å²) in [6.45, 7) is 4.52. The predicted octanol–water partition coefficient (Wildman–Crippen LogP) is 5.59. The van der Waals surface area contributed by atoms with Gasteiger partial charge in [0.1, 0.15) is 0 Å². The lowest BCUT2D eigenvalue weighted by Crippen LogP contribution is -2.08. The van der Waals surface area contributed by atoms with E-state index >= 15 is 0 Å². The lowest BCUT2D eigenvalue weighted by Gasteiger charge is -2.09. The van der Waals surface area contributed by atoms with Gasteiger partial charge in [0.15, 0.2) is 5.75 Å². The number of benzene rings is 2. The Hall–Kier alpha value is -2.04. The topological polar surface area (TPSA) is 52.6 Å². The molecule has 6 heteroatoms. The van der Waals surface area contributed by atoms with Crippen LogP contribution in [0.3, 0.4) is 0 Å². The van der Waals surface area contributed by atoms with Gasteiger partial charge in [-0.2, -0.15) is 0 Å². The molecule has 0 spiro atoms. The summed E-state index contributed by atoms with van der Waals surface area (Å²) in [5, 5.41) is 2.01. The summed E-state index contributed by atoms with van der Waals surface area (Å²) < 4.78 is 10.3. The molecule has 0 atom stereocenters. The first-order valence-corrected chi connectivity index (χ1v) is 9.07. The average Bonchev–Trinajstić information content (AvgIpc) is 2.60. The quantitative estimate of drug-likeness (QED) is 0.266. The number of esters is 2. The zero-order valence-electron chi connectivity index (χ0n) is 14.6. The van der Waals surface area contributed by atoms with E-state index in [2.05, 4.69) is 13.8 Å². The first kappa shape index (κ1) is 20.3. The molecule has 0 aliphatic carbocycles. The maximum Gasteiger partial charge on any atom is 0.336 e. The first-order valence-electron chi connectivity index (χ1n) is 8.32. The van der Waals surface area contributed by atoms with E-state index < -0.39 is 11.9 Å². The summed E-state index contributed by atoms with van der Waals surface area (Å²) in [5.74, 6) is -0.555. The standard InChI is InChI=1S/C20H20Cl2O4/c1-13(2)6-5-11-25-18(23)9-10-19(24)26-20-15-8-4-3-7-14(15)16(21)12-17(20)22/h3-4,7-10,12-13H,5-6,11H2,1-2H3/b10-9+. The Morgan fingerprint density at radius 3 is 2.38 bits per heavy atom. The van der Waals surface area contributed by atoms with Crippen molar-refractivity contribution in [2.24, 2.45) is 5.92 Å². The van der Waals surface area contributed by atoms with Crippen LogP contribution in [-0.2, 0) is 14.3 Å². The highest BCUT2D eigenvalue weighted by Gasteiger charge is 2.13. The number of rotatable bonds is 7. The summed E-state index contributed by atoms with van der Waals surface area (Å²) >= 11 is 12.3. The van der Waals surface area contributed by atoms with E-state index in [-0.39, 0.29) is 10.8 Å². The van der Waals surface area contributed by atoms with Crippen LogP contribution in [0.15, 0.2) is 42.5 Å². The normalized spacial score (nSPS) is 11.3. The molecule has 0 saturated heterocycles. The molecule has 0 saturated carbocycles. The monoisotopic (exact) mass is 394 g/mol. The molecule has 2 aromatic rings. The van der Waals surface area contributed by atoms with Gasteiger partial charge in [-0.25, -0.2) is 9.59 Å². The second-order valence-corrected chi connectivity index (χ2v) is 6.99. The maximum atomic E-state index is 12.0. The third kappa shape index (κ3) is 5.75. The molecule has 0 fully saturated rings. The number of hydrogen-bond acceptors (Lipinski definition) is 4. The van der Waals surface area contributed by atoms with Gasteiger partial charge >= 0.3 is 11.9 Å². The fourth-order valence-corrected chi connectivity index (χ4v) is 2.94. The van der Waals surface area contributed by atoms with Crippen LogP contribution in [0.2, 0.25) is 10.0 Å². The molecule has 0 radical (unpaired) electrons. The van der Waals surface area contributed by atoms with Gasteiger partial charge in [0.25, 0.3) is 0 Å². The van der Waals surface area contributed by atoms with Crippen molar-refractivity contribution < 1.29 is 19.1 Å². The van der Waals surface area contributed by atoms with E-state index in [1.165, 1.54) is 6.07 Å². The van der Waals surface area contributed by atoms with Crippen molar-refractivity contribution in [2.45, 2.75) is 26.7 Å². The minimum atomic E-state index is -0.724. The van der Waals surface area contributed by atoms with Crippen molar-refractivity contribution in [2.75, 3.05) is 6.61 Å². The molecule has 138 valence electrons. The first-order chi connectivity index (χ1) is 12.4. The van der Waals surface area contributed by atoms with Gasteiger partial charge in [-0.3, -0.25) is 0 Å². The molecule has 0 unspecified atom stereocenters. The number of fused-ring (bicyclic) bond motifs is 1. The van der Waals surface area contributed by atoms with E-state index in [0.717, 1.165) is 30.4 Å². The summed E-state index contributed by atoms with van der Waals surface area (Å²) in [4.78, 5) is 23.6. The summed E-state index contributed by atoms with van der Waals surface area (Å²) in [6.07, 6.45) is 3.82. The molecule has 4 nitrogen and oxygen atoms in total. The molecule has 0 aromatic heterocycles. The van der Waals surface area contributed by atoms with Crippen LogP contribution in [0, 0.1) is 5.92 Å². The zero-order chi connectivity index (χ0) is 19.1. The molecule has 2 aromatic carbocycles. The van der Waals surface area contributed by atoms with Gasteiger partial charge in [0.05, 0.1) is 16.7 Å². The van der Waals surface area contributed by atoms with E-state index in [1.54, 1.807) is 18.2 Å². The van der Waals surface area contributed by atoms with Crippen molar-refractivity contribution in [1.29, 1.82) is 0 Å². The largest absolute Gasteiger partial charge is 0.463 e. The maximum absolute atomic E-state index is 12.0. The number of carbonyl (C=O) groups excluding carboxylic acids is 2. The SMILES string of the molecule is CC(C)CCCOC(=O)/C=C/C(=O)Oc1c(Cl)cc(Cl)c2ccccc12. The van der Waals surface area contributed by atoms with E-state index in [0.29, 0.717) is 22.9 Å². The molecule has 0 heterocycles. The molecule has 2 rings (SSSR count). The van der Waals surface area contributed by atoms with Gasteiger partial charge in [-0.15, -0.1) is 0 Å². The third-order valence-electron chi connectivity index (χ3n) is 3.63. The molecular formula is C20H20Cl2O4. The summed E-state index contributed by atoms with van der Waals surface area (Å²) in [6, 6.07) is 8.68. The Morgan fingerprint density at radius 1 is 1.04 bits per heavy atom. The zero-order valence-corrected chi connectivity index (χ0v) is 16.1. The molecule has 0 amide bonds. The van der Waals surface area contributed by atoms with Gasteiger partial charge in [0.2, 0.25) is 0 Å². The summed E-state index contributed by atoms with van der Waals surface area (Å²) in [7, 11) is 0. The Kier molecular flexibility index (Phi) is 7.49. The van der Waals surface area contributed by atoms with Gasteiger partial charge in [-0.1, -0.05) is 61.3 Å². The summed E-state index contributed by atoms with van der Waals surface area (Å²) in [5.41, 5.74) is 0. The highest BCUT2D eigenvalue weighted by atomic mass is 35.5. The molecule has 0 aliphatic rings. The molecule has 26 heavy (non-hydrogen) atoms. The molecular weight excluding hydrogens is 375 g/mol. The second kappa shape index (κ2) is 9.60.